The fourth-order valence-electron chi connectivity index (χ4n) is 1.56. The SMILES string of the molecule is Cc1scc(C(=O)Nc2ccc(C(F)(F)F)cn2)c1C. The molecule has 0 spiro atoms. The third kappa shape index (κ3) is 2.98. The zero-order chi connectivity index (χ0) is 14.9. The molecular formula is C13H11F3N2OS. The van der Waals surface area contributed by atoms with Crippen molar-refractivity contribution in [2.75, 3.05) is 5.32 Å². The second kappa shape index (κ2) is 5.24. The molecule has 0 saturated carbocycles. The number of pyridine rings is 1. The Labute approximate surface area is 117 Å². The fourth-order valence-corrected chi connectivity index (χ4v) is 2.42. The van der Waals surface area contributed by atoms with Gasteiger partial charge in [0.05, 0.1) is 11.1 Å². The number of aromatic nitrogens is 1. The summed E-state index contributed by atoms with van der Waals surface area (Å²) in [4.78, 5) is 16.6. The van der Waals surface area contributed by atoms with E-state index in [0.717, 1.165) is 22.6 Å². The van der Waals surface area contributed by atoms with Gasteiger partial charge in [-0.25, -0.2) is 4.98 Å². The lowest BCUT2D eigenvalue weighted by Crippen LogP contribution is -2.14. The van der Waals surface area contributed by atoms with E-state index in [1.807, 2.05) is 13.8 Å². The number of carbonyl (C=O) groups is 1. The maximum Gasteiger partial charge on any atom is 0.417 e. The Morgan fingerprint density at radius 3 is 2.45 bits per heavy atom. The average Bonchev–Trinajstić information content (AvgIpc) is 2.69. The van der Waals surface area contributed by atoms with Crippen LogP contribution in [0.4, 0.5) is 19.0 Å². The highest BCUT2D eigenvalue weighted by atomic mass is 32.1. The summed E-state index contributed by atoms with van der Waals surface area (Å²) in [5.41, 5.74) is 0.520. The van der Waals surface area contributed by atoms with Gasteiger partial charge in [0.25, 0.3) is 5.91 Å². The molecule has 0 unspecified atom stereocenters. The minimum Gasteiger partial charge on any atom is -0.307 e. The Hall–Kier alpha value is -1.89. The molecule has 0 saturated heterocycles. The predicted octanol–water partition coefficient (Wildman–Crippen LogP) is 4.03. The molecule has 0 aromatic carbocycles. The van der Waals surface area contributed by atoms with E-state index in [0.29, 0.717) is 11.8 Å². The lowest BCUT2D eigenvalue weighted by atomic mass is 10.1. The molecule has 0 radical (unpaired) electrons. The highest BCUT2D eigenvalue weighted by Gasteiger charge is 2.30. The Morgan fingerprint density at radius 1 is 1.30 bits per heavy atom. The number of aryl methyl sites for hydroxylation is 1. The van der Waals surface area contributed by atoms with Crippen molar-refractivity contribution in [2.24, 2.45) is 0 Å². The van der Waals surface area contributed by atoms with Gasteiger partial charge in [0, 0.05) is 16.5 Å². The van der Waals surface area contributed by atoms with Crippen LogP contribution in [0, 0.1) is 13.8 Å². The normalized spacial score (nSPS) is 11.4. The molecule has 2 aromatic rings. The molecule has 106 valence electrons. The van der Waals surface area contributed by atoms with Gasteiger partial charge in [-0.15, -0.1) is 11.3 Å². The second-order valence-corrected chi connectivity index (χ2v) is 5.30. The Balaban J connectivity index is 2.15. The van der Waals surface area contributed by atoms with E-state index < -0.39 is 11.7 Å². The lowest BCUT2D eigenvalue weighted by Gasteiger charge is -2.08. The summed E-state index contributed by atoms with van der Waals surface area (Å²) >= 11 is 1.45. The molecule has 1 amide bonds. The van der Waals surface area contributed by atoms with Gasteiger partial charge in [0.15, 0.2) is 0 Å². The highest BCUT2D eigenvalue weighted by molar-refractivity contribution is 7.10. The van der Waals surface area contributed by atoms with E-state index in [-0.39, 0.29) is 11.7 Å². The second-order valence-electron chi connectivity index (χ2n) is 4.21. The molecule has 7 heteroatoms. The summed E-state index contributed by atoms with van der Waals surface area (Å²) in [5, 5.41) is 4.19. The number of hydrogen-bond donors (Lipinski definition) is 1. The summed E-state index contributed by atoms with van der Waals surface area (Å²) < 4.78 is 37.1. The van der Waals surface area contributed by atoms with Crippen molar-refractivity contribution in [1.29, 1.82) is 0 Å². The molecule has 2 aromatic heterocycles. The van der Waals surface area contributed by atoms with Crippen molar-refractivity contribution in [3.63, 3.8) is 0 Å². The van der Waals surface area contributed by atoms with E-state index in [1.54, 1.807) is 5.38 Å². The number of amides is 1. The van der Waals surface area contributed by atoms with E-state index in [4.69, 9.17) is 0 Å². The molecule has 1 N–H and O–H groups in total. The number of carbonyl (C=O) groups excluding carboxylic acids is 1. The van der Waals surface area contributed by atoms with Crippen molar-refractivity contribution in [1.82, 2.24) is 4.98 Å². The first-order chi connectivity index (χ1) is 9.29. The van der Waals surface area contributed by atoms with Crippen LogP contribution in [-0.2, 0) is 6.18 Å². The van der Waals surface area contributed by atoms with Crippen LogP contribution in [0.25, 0.3) is 0 Å². The number of nitrogens with zero attached hydrogens (tertiary/aromatic N) is 1. The van der Waals surface area contributed by atoms with Crippen molar-refractivity contribution in [2.45, 2.75) is 20.0 Å². The number of nitrogens with one attached hydrogen (secondary N) is 1. The van der Waals surface area contributed by atoms with Gasteiger partial charge in [0.1, 0.15) is 5.82 Å². The number of rotatable bonds is 2. The topological polar surface area (TPSA) is 42.0 Å². The van der Waals surface area contributed by atoms with Crippen molar-refractivity contribution >= 4 is 23.1 Å². The Bertz CT molecular complexity index is 632. The van der Waals surface area contributed by atoms with Crippen molar-refractivity contribution in [3.05, 3.63) is 45.3 Å². The molecule has 3 nitrogen and oxygen atoms in total. The lowest BCUT2D eigenvalue weighted by molar-refractivity contribution is -0.137. The van der Waals surface area contributed by atoms with Crippen LogP contribution in [-0.4, -0.2) is 10.9 Å². The molecule has 0 fully saturated rings. The van der Waals surface area contributed by atoms with Gasteiger partial charge in [-0.2, -0.15) is 13.2 Å². The molecule has 0 aliphatic heterocycles. The first-order valence-corrected chi connectivity index (χ1v) is 6.56. The molecule has 0 aliphatic rings. The molecular weight excluding hydrogens is 289 g/mol. The standard InChI is InChI=1S/C13H11F3N2OS/c1-7-8(2)20-6-10(7)12(19)18-11-4-3-9(5-17-11)13(14,15)16/h3-6H,1-2H3,(H,17,18,19). The van der Waals surface area contributed by atoms with E-state index in [2.05, 4.69) is 10.3 Å². The summed E-state index contributed by atoms with van der Waals surface area (Å²) in [5.74, 6) is -0.287. The predicted molar refractivity (Wildman–Crippen MR) is 71.0 cm³/mol. The number of alkyl halides is 3. The van der Waals surface area contributed by atoms with E-state index >= 15 is 0 Å². The number of halogens is 3. The monoisotopic (exact) mass is 300 g/mol. The van der Waals surface area contributed by atoms with Crippen LogP contribution in [0.2, 0.25) is 0 Å². The Kier molecular flexibility index (Phi) is 3.80. The smallest absolute Gasteiger partial charge is 0.307 e. The molecule has 0 atom stereocenters. The third-order valence-electron chi connectivity index (χ3n) is 2.86. The Morgan fingerprint density at radius 2 is 2.00 bits per heavy atom. The van der Waals surface area contributed by atoms with Gasteiger partial charge < -0.3 is 5.32 Å². The minimum absolute atomic E-state index is 0.0891. The summed E-state index contributed by atoms with van der Waals surface area (Å²) in [6.45, 7) is 3.72. The summed E-state index contributed by atoms with van der Waals surface area (Å²) in [6.07, 6.45) is -3.74. The average molecular weight is 300 g/mol. The summed E-state index contributed by atoms with van der Waals surface area (Å²) in [7, 11) is 0. The highest BCUT2D eigenvalue weighted by Crippen LogP contribution is 2.29. The van der Waals surface area contributed by atoms with Gasteiger partial charge >= 0.3 is 6.18 Å². The number of anilines is 1. The number of thiophene rings is 1. The zero-order valence-corrected chi connectivity index (χ0v) is 11.5. The van der Waals surface area contributed by atoms with Crippen LogP contribution < -0.4 is 5.32 Å². The van der Waals surface area contributed by atoms with Crippen LogP contribution in [0.15, 0.2) is 23.7 Å². The maximum atomic E-state index is 12.4. The molecule has 2 heterocycles. The van der Waals surface area contributed by atoms with Crippen LogP contribution in [0.5, 0.6) is 0 Å². The molecule has 20 heavy (non-hydrogen) atoms. The first-order valence-electron chi connectivity index (χ1n) is 5.68. The summed E-state index contributed by atoms with van der Waals surface area (Å²) in [6, 6.07) is 2.02. The largest absolute Gasteiger partial charge is 0.417 e. The van der Waals surface area contributed by atoms with Gasteiger partial charge in [0.2, 0.25) is 0 Å². The van der Waals surface area contributed by atoms with Crippen molar-refractivity contribution in [3.8, 4) is 0 Å². The fraction of sp³-hybridized carbons (Fsp3) is 0.231. The van der Waals surface area contributed by atoms with Crippen LogP contribution >= 0.6 is 11.3 Å². The minimum atomic E-state index is -4.43. The van der Waals surface area contributed by atoms with Gasteiger partial charge in [-0.05, 0) is 31.5 Å². The van der Waals surface area contributed by atoms with E-state index in [1.165, 1.54) is 11.3 Å². The molecule has 2 rings (SSSR count). The first kappa shape index (κ1) is 14.5. The van der Waals surface area contributed by atoms with Crippen molar-refractivity contribution < 1.29 is 18.0 Å². The van der Waals surface area contributed by atoms with Gasteiger partial charge in [-0.1, -0.05) is 0 Å². The van der Waals surface area contributed by atoms with Gasteiger partial charge in [-0.3, -0.25) is 4.79 Å². The van der Waals surface area contributed by atoms with Crippen LogP contribution in [0.1, 0.15) is 26.4 Å². The van der Waals surface area contributed by atoms with E-state index in [9.17, 15) is 18.0 Å². The molecule has 0 bridgehead atoms. The third-order valence-corrected chi connectivity index (χ3v) is 3.88. The maximum absolute atomic E-state index is 12.4. The van der Waals surface area contributed by atoms with Crippen LogP contribution in [0.3, 0.4) is 0 Å². The quantitative estimate of drug-likeness (QED) is 0.909. The molecule has 0 aliphatic carbocycles. The number of hydrogen-bond acceptors (Lipinski definition) is 3. The zero-order valence-electron chi connectivity index (χ0n) is 10.7.